The fraction of sp³-hybridized carbons (Fsp3) is 0.429. The standard InChI is InChI=1S/C14H21O4PS/c1-4-17-19(15,18-5-2)14(20(16)6-3)12-13-10-8-7-9-11-13/h7-12H,4-6H2,1-3H3. The van der Waals surface area contributed by atoms with Crippen molar-refractivity contribution in [3.05, 3.63) is 40.5 Å². The van der Waals surface area contributed by atoms with Crippen molar-refractivity contribution >= 4 is 24.5 Å². The summed E-state index contributed by atoms with van der Waals surface area (Å²) in [6, 6.07) is 9.33. The van der Waals surface area contributed by atoms with E-state index in [9.17, 15) is 8.77 Å². The average Bonchev–Trinajstić information content (AvgIpc) is 2.45. The van der Waals surface area contributed by atoms with E-state index < -0.39 is 18.4 Å². The van der Waals surface area contributed by atoms with Gasteiger partial charge in [-0.05, 0) is 25.5 Å². The van der Waals surface area contributed by atoms with E-state index in [-0.39, 0.29) is 17.9 Å². The van der Waals surface area contributed by atoms with E-state index in [0.29, 0.717) is 5.75 Å². The highest BCUT2D eigenvalue weighted by atomic mass is 32.2. The van der Waals surface area contributed by atoms with Gasteiger partial charge in [-0.2, -0.15) is 0 Å². The Morgan fingerprint density at radius 1 is 1.15 bits per heavy atom. The summed E-state index contributed by atoms with van der Waals surface area (Å²) in [6.07, 6.45) is 1.64. The number of hydrogen-bond acceptors (Lipinski definition) is 4. The van der Waals surface area contributed by atoms with E-state index >= 15 is 0 Å². The van der Waals surface area contributed by atoms with Crippen LogP contribution in [-0.4, -0.2) is 23.2 Å². The molecule has 0 heterocycles. The van der Waals surface area contributed by atoms with E-state index in [1.165, 1.54) is 0 Å². The lowest BCUT2D eigenvalue weighted by Gasteiger charge is -2.19. The molecule has 0 saturated carbocycles. The van der Waals surface area contributed by atoms with Crippen LogP contribution in [0, 0.1) is 0 Å². The quantitative estimate of drug-likeness (QED) is 0.680. The summed E-state index contributed by atoms with van der Waals surface area (Å²) in [4.78, 5) is 0. The SMILES string of the molecule is CCOP(=O)(OCC)C(=Cc1ccccc1)S(=O)CC. The largest absolute Gasteiger partial charge is 0.370 e. The lowest BCUT2D eigenvalue weighted by atomic mass is 10.2. The van der Waals surface area contributed by atoms with Crippen molar-refractivity contribution < 1.29 is 17.8 Å². The second-order valence-electron chi connectivity index (χ2n) is 3.86. The zero-order chi connectivity index (χ0) is 15.0. The molecule has 0 spiro atoms. The fourth-order valence-electron chi connectivity index (χ4n) is 1.61. The van der Waals surface area contributed by atoms with Crippen LogP contribution in [0.15, 0.2) is 35.0 Å². The van der Waals surface area contributed by atoms with Crippen molar-refractivity contribution in [3.63, 3.8) is 0 Å². The Morgan fingerprint density at radius 2 is 1.70 bits per heavy atom. The van der Waals surface area contributed by atoms with Crippen LogP contribution in [0.3, 0.4) is 0 Å². The van der Waals surface area contributed by atoms with Gasteiger partial charge in [-0.15, -0.1) is 0 Å². The van der Waals surface area contributed by atoms with Crippen LogP contribution < -0.4 is 0 Å². The Bertz CT molecular complexity index is 503. The summed E-state index contributed by atoms with van der Waals surface area (Å²) in [5, 5.41) is 0. The lowest BCUT2D eigenvalue weighted by Crippen LogP contribution is -2.05. The summed E-state index contributed by atoms with van der Waals surface area (Å²) in [5.74, 6) is 0.364. The molecule has 1 aromatic rings. The van der Waals surface area contributed by atoms with E-state index in [2.05, 4.69) is 0 Å². The number of hydrogen-bond donors (Lipinski definition) is 0. The Morgan fingerprint density at radius 3 is 2.15 bits per heavy atom. The first kappa shape index (κ1) is 17.3. The molecule has 4 nitrogen and oxygen atoms in total. The third-order valence-corrected chi connectivity index (χ3v) is 6.71. The van der Waals surface area contributed by atoms with Crippen molar-refractivity contribution in [1.82, 2.24) is 0 Å². The van der Waals surface area contributed by atoms with Crippen LogP contribution in [0.25, 0.3) is 6.08 Å². The van der Waals surface area contributed by atoms with Gasteiger partial charge in [-0.25, -0.2) is 0 Å². The maximum atomic E-state index is 12.8. The van der Waals surface area contributed by atoms with Gasteiger partial charge in [0.1, 0.15) is 4.65 Å². The Kier molecular flexibility index (Phi) is 7.38. The molecule has 0 saturated heterocycles. The molecule has 0 aliphatic carbocycles. The molecule has 6 heteroatoms. The van der Waals surface area contributed by atoms with Gasteiger partial charge in [0.15, 0.2) is 0 Å². The molecule has 1 aromatic carbocycles. The Hall–Kier alpha value is -0.740. The molecule has 1 unspecified atom stereocenters. The highest BCUT2D eigenvalue weighted by molar-refractivity contribution is 7.98. The summed E-state index contributed by atoms with van der Waals surface area (Å²) in [7, 11) is -4.90. The molecule has 1 atom stereocenters. The van der Waals surface area contributed by atoms with Crippen molar-refractivity contribution in [2.24, 2.45) is 0 Å². The second kappa shape index (κ2) is 8.53. The molecular weight excluding hydrogens is 295 g/mol. The van der Waals surface area contributed by atoms with Crippen LogP contribution in [0.4, 0.5) is 0 Å². The molecular formula is C14H21O4PS. The first-order chi connectivity index (χ1) is 9.57. The summed E-state index contributed by atoms with van der Waals surface area (Å²) in [5.41, 5.74) is 0.823. The van der Waals surface area contributed by atoms with Crippen LogP contribution in [0.2, 0.25) is 0 Å². The molecule has 0 amide bonds. The van der Waals surface area contributed by atoms with Crippen LogP contribution in [0.1, 0.15) is 26.3 Å². The van der Waals surface area contributed by atoms with Gasteiger partial charge in [-0.1, -0.05) is 37.3 Å². The Labute approximate surface area is 123 Å². The fourth-order valence-corrected chi connectivity index (χ4v) is 5.19. The van der Waals surface area contributed by atoms with Gasteiger partial charge in [0, 0.05) is 5.75 Å². The van der Waals surface area contributed by atoms with Crippen molar-refractivity contribution in [2.75, 3.05) is 19.0 Å². The predicted octanol–water partition coefficient (Wildman–Crippen LogP) is 4.02. The summed E-state index contributed by atoms with van der Waals surface area (Å²) in [6.45, 7) is 5.73. The maximum absolute atomic E-state index is 12.8. The molecule has 0 radical (unpaired) electrons. The van der Waals surface area contributed by atoms with Gasteiger partial charge in [-0.3, -0.25) is 8.77 Å². The smallest absolute Gasteiger partial charge is 0.305 e. The van der Waals surface area contributed by atoms with Gasteiger partial charge in [0.25, 0.3) is 0 Å². The summed E-state index contributed by atoms with van der Waals surface area (Å²) >= 11 is 0. The van der Waals surface area contributed by atoms with E-state index in [1.807, 2.05) is 30.3 Å². The zero-order valence-corrected chi connectivity index (χ0v) is 13.8. The average molecular weight is 316 g/mol. The molecule has 0 aliphatic rings. The minimum Gasteiger partial charge on any atom is -0.305 e. The van der Waals surface area contributed by atoms with E-state index in [0.717, 1.165) is 5.56 Å². The molecule has 112 valence electrons. The molecule has 0 bridgehead atoms. The van der Waals surface area contributed by atoms with Crippen molar-refractivity contribution in [2.45, 2.75) is 20.8 Å². The van der Waals surface area contributed by atoms with E-state index in [1.54, 1.807) is 26.8 Å². The normalized spacial score (nSPS) is 14.2. The van der Waals surface area contributed by atoms with Gasteiger partial charge in [0.2, 0.25) is 0 Å². The zero-order valence-electron chi connectivity index (χ0n) is 12.1. The third-order valence-electron chi connectivity index (χ3n) is 2.45. The molecule has 0 aromatic heterocycles. The molecule has 0 fully saturated rings. The summed E-state index contributed by atoms with van der Waals surface area (Å²) < 4.78 is 35.9. The third kappa shape index (κ3) is 4.67. The Balaban J connectivity index is 3.27. The predicted molar refractivity (Wildman–Crippen MR) is 84.0 cm³/mol. The molecule has 20 heavy (non-hydrogen) atoms. The minimum atomic E-state index is -3.51. The second-order valence-corrected chi connectivity index (χ2v) is 7.86. The van der Waals surface area contributed by atoms with Gasteiger partial charge in [0.05, 0.1) is 24.0 Å². The molecule has 0 aliphatic heterocycles. The van der Waals surface area contributed by atoms with Gasteiger partial charge >= 0.3 is 7.60 Å². The first-order valence-corrected chi connectivity index (χ1v) is 9.48. The van der Waals surface area contributed by atoms with E-state index in [4.69, 9.17) is 9.05 Å². The maximum Gasteiger partial charge on any atom is 0.370 e. The lowest BCUT2D eigenvalue weighted by molar-refractivity contribution is 0.228. The van der Waals surface area contributed by atoms with Crippen molar-refractivity contribution in [1.29, 1.82) is 0 Å². The highest BCUT2D eigenvalue weighted by Gasteiger charge is 2.33. The van der Waals surface area contributed by atoms with Crippen LogP contribution in [0.5, 0.6) is 0 Å². The number of rotatable bonds is 8. The van der Waals surface area contributed by atoms with Crippen LogP contribution in [-0.2, 0) is 24.4 Å². The topological polar surface area (TPSA) is 52.6 Å². The number of benzene rings is 1. The highest BCUT2D eigenvalue weighted by Crippen LogP contribution is 2.57. The van der Waals surface area contributed by atoms with Crippen LogP contribution >= 0.6 is 7.60 Å². The van der Waals surface area contributed by atoms with Gasteiger partial charge < -0.3 is 9.05 Å². The first-order valence-electron chi connectivity index (χ1n) is 6.62. The minimum absolute atomic E-state index is 0.231. The molecule has 1 rings (SSSR count). The molecule has 0 N–H and O–H groups in total. The van der Waals surface area contributed by atoms with Crippen molar-refractivity contribution in [3.8, 4) is 0 Å². The monoisotopic (exact) mass is 316 g/mol.